The highest BCUT2D eigenvalue weighted by Crippen LogP contribution is 2.36. The zero-order valence-electron chi connectivity index (χ0n) is 12.6. The Morgan fingerprint density at radius 1 is 1.26 bits per heavy atom. The number of hydrogen-bond acceptors (Lipinski definition) is 3. The van der Waals surface area contributed by atoms with Crippen LogP contribution in [0.15, 0.2) is 53.4 Å². The zero-order valence-corrected chi connectivity index (χ0v) is 13.4. The first-order valence-corrected chi connectivity index (χ1v) is 8.54. The van der Waals surface area contributed by atoms with Crippen LogP contribution in [0.5, 0.6) is 0 Å². The smallest absolute Gasteiger partial charge is 0.246 e. The second-order valence-corrected chi connectivity index (χ2v) is 6.55. The fourth-order valence-electron chi connectivity index (χ4n) is 2.59. The minimum atomic E-state index is -0.272. The number of thioether (sulfide) groups is 1. The number of ether oxygens (including phenoxy) is 1. The van der Waals surface area contributed by atoms with Crippen molar-refractivity contribution in [3.8, 4) is 0 Å². The molecule has 0 spiro atoms. The van der Waals surface area contributed by atoms with Crippen LogP contribution in [0.25, 0.3) is 0 Å². The number of carbonyl (C=O) groups is 1. The van der Waals surface area contributed by atoms with Gasteiger partial charge in [-0.05, 0) is 35.7 Å². The van der Waals surface area contributed by atoms with Crippen molar-refractivity contribution in [1.82, 2.24) is 5.32 Å². The third-order valence-corrected chi connectivity index (χ3v) is 4.81. The van der Waals surface area contributed by atoms with E-state index in [0.717, 1.165) is 28.2 Å². The summed E-state index contributed by atoms with van der Waals surface area (Å²) in [5.74, 6) is 0.466. The molecule has 5 heteroatoms. The third-order valence-electron chi connectivity index (χ3n) is 3.69. The van der Waals surface area contributed by atoms with Gasteiger partial charge in [0.05, 0.1) is 12.6 Å². The van der Waals surface area contributed by atoms with Gasteiger partial charge in [0.2, 0.25) is 5.91 Å². The molecular weight excluding hydrogens is 313 g/mol. The SMILES string of the molecule is O=C(COCc1ccccc1)NC1CCSc2ccc(F)cc21. The highest BCUT2D eigenvalue weighted by atomic mass is 32.2. The summed E-state index contributed by atoms with van der Waals surface area (Å²) in [6, 6.07) is 14.3. The fraction of sp³-hybridized carbons (Fsp3) is 0.278. The monoisotopic (exact) mass is 331 g/mol. The summed E-state index contributed by atoms with van der Waals surface area (Å²) in [7, 11) is 0. The van der Waals surface area contributed by atoms with E-state index < -0.39 is 0 Å². The summed E-state index contributed by atoms with van der Waals surface area (Å²) in [6.07, 6.45) is 0.797. The van der Waals surface area contributed by atoms with E-state index in [4.69, 9.17) is 4.74 Å². The molecule has 1 aliphatic rings. The van der Waals surface area contributed by atoms with Gasteiger partial charge in [-0.3, -0.25) is 4.79 Å². The molecule has 1 N–H and O–H groups in total. The number of nitrogens with one attached hydrogen (secondary N) is 1. The van der Waals surface area contributed by atoms with Gasteiger partial charge >= 0.3 is 0 Å². The first kappa shape index (κ1) is 16.0. The first-order chi connectivity index (χ1) is 11.2. The molecule has 1 amide bonds. The van der Waals surface area contributed by atoms with Gasteiger partial charge in [-0.2, -0.15) is 0 Å². The number of fused-ring (bicyclic) bond motifs is 1. The van der Waals surface area contributed by atoms with E-state index in [1.165, 1.54) is 12.1 Å². The molecule has 0 saturated heterocycles. The maximum Gasteiger partial charge on any atom is 0.246 e. The van der Waals surface area contributed by atoms with E-state index in [1.54, 1.807) is 17.8 Å². The number of carbonyl (C=O) groups excluding carboxylic acids is 1. The van der Waals surface area contributed by atoms with Crippen LogP contribution in [0.4, 0.5) is 4.39 Å². The molecule has 3 rings (SSSR count). The van der Waals surface area contributed by atoms with Gasteiger partial charge in [-0.1, -0.05) is 30.3 Å². The number of rotatable bonds is 5. The molecule has 1 unspecified atom stereocenters. The van der Waals surface area contributed by atoms with Gasteiger partial charge in [-0.15, -0.1) is 11.8 Å². The topological polar surface area (TPSA) is 38.3 Å². The first-order valence-electron chi connectivity index (χ1n) is 7.55. The van der Waals surface area contributed by atoms with Gasteiger partial charge in [0.15, 0.2) is 0 Å². The molecule has 2 aromatic carbocycles. The van der Waals surface area contributed by atoms with Gasteiger partial charge in [0, 0.05) is 10.6 Å². The predicted molar refractivity (Wildman–Crippen MR) is 88.7 cm³/mol. The fourth-order valence-corrected chi connectivity index (χ4v) is 3.69. The average Bonchev–Trinajstić information content (AvgIpc) is 2.56. The molecule has 1 atom stereocenters. The van der Waals surface area contributed by atoms with Crippen LogP contribution in [0.2, 0.25) is 0 Å². The molecule has 0 saturated carbocycles. The van der Waals surface area contributed by atoms with Crippen LogP contribution < -0.4 is 5.32 Å². The Labute approximate surface area is 139 Å². The molecule has 1 aliphatic heterocycles. The maximum atomic E-state index is 13.4. The van der Waals surface area contributed by atoms with Crippen LogP contribution in [0.3, 0.4) is 0 Å². The van der Waals surface area contributed by atoms with E-state index in [-0.39, 0.29) is 24.4 Å². The quantitative estimate of drug-likeness (QED) is 0.908. The molecule has 3 nitrogen and oxygen atoms in total. The lowest BCUT2D eigenvalue weighted by atomic mass is 10.0. The Hall–Kier alpha value is -1.85. The van der Waals surface area contributed by atoms with E-state index in [2.05, 4.69) is 5.32 Å². The summed E-state index contributed by atoms with van der Waals surface area (Å²) in [5, 5.41) is 2.94. The maximum absolute atomic E-state index is 13.4. The Balaban J connectivity index is 1.54. The van der Waals surface area contributed by atoms with E-state index >= 15 is 0 Å². The molecule has 1 heterocycles. The van der Waals surface area contributed by atoms with Gasteiger partial charge in [0.1, 0.15) is 12.4 Å². The molecular formula is C18H18FNO2S. The molecule has 0 bridgehead atoms. The number of benzene rings is 2. The standard InChI is InChI=1S/C18H18FNO2S/c19-14-6-7-17-15(10-14)16(8-9-23-17)20-18(21)12-22-11-13-4-2-1-3-5-13/h1-7,10,16H,8-9,11-12H2,(H,20,21). The molecule has 120 valence electrons. The molecule has 0 radical (unpaired) electrons. The van der Waals surface area contributed by atoms with Gasteiger partial charge in [0.25, 0.3) is 0 Å². The van der Waals surface area contributed by atoms with Crippen LogP contribution >= 0.6 is 11.8 Å². The summed E-state index contributed by atoms with van der Waals surface area (Å²) < 4.78 is 18.9. The van der Waals surface area contributed by atoms with E-state index in [1.807, 2.05) is 30.3 Å². The summed E-state index contributed by atoms with van der Waals surface area (Å²) in [5.41, 5.74) is 1.89. The minimum absolute atomic E-state index is 0.00316. The molecule has 2 aromatic rings. The lowest BCUT2D eigenvalue weighted by Gasteiger charge is -2.26. The largest absolute Gasteiger partial charge is 0.367 e. The van der Waals surface area contributed by atoms with Crippen LogP contribution in [0.1, 0.15) is 23.6 Å². The van der Waals surface area contributed by atoms with Crippen molar-refractivity contribution in [3.63, 3.8) is 0 Å². The van der Waals surface area contributed by atoms with Crippen LogP contribution in [0, 0.1) is 5.82 Å². The lowest BCUT2D eigenvalue weighted by molar-refractivity contribution is -0.126. The molecule has 0 aromatic heterocycles. The molecule has 0 aliphatic carbocycles. The molecule has 23 heavy (non-hydrogen) atoms. The van der Waals surface area contributed by atoms with Crippen LogP contribution in [-0.2, 0) is 16.1 Å². The summed E-state index contributed by atoms with van der Waals surface area (Å²) >= 11 is 1.69. The van der Waals surface area contributed by atoms with Gasteiger partial charge in [-0.25, -0.2) is 4.39 Å². The van der Waals surface area contributed by atoms with Crippen molar-refractivity contribution >= 4 is 17.7 Å². The van der Waals surface area contributed by atoms with Crippen molar-refractivity contribution in [2.45, 2.75) is 24.0 Å². The van der Waals surface area contributed by atoms with E-state index in [9.17, 15) is 9.18 Å². The van der Waals surface area contributed by atoms with Crippen molar-refractivity contribution in [2.24, 2.45) is 0 Å². The highest BCUT2D eigenvalue weighted by Gasteiger charge is 2.22. The number of hydrogen-bond donors (Lipinski definition) is 1. The van der Waals surface area contributed by atoms with Crippen molar-refractivity contribution in [3.05, 3.63) is 65.5 Å². The Bertz CT molecular complexity index is 678. The Kier molecular flexibility index (Phi) is 5.31. The average molecular weight is 331 g/mol. The van der Waals surface area contributed by atoms with Crippen molar-refractivity contribution in [1.29, 1.82) is 0 Å². The number of halogens is 1. The van der Waals surface area contributed by atoms with E-state index in [0.29, 0.717) is 6.61 Å². The Morgan fingerprint density at radius 3 is 2.91 bits per heavy atom. The van der Waals surface area contributed by atoms with Crippen molar-refractivity contribution in [2.75, 3.05) is 12.4 Å². The van der Waals surface area contributed by atoms with Crippen LogP contribution in [-0.4, -0.2) is 18.3 Å². The summed E-state index contributed by atoms with van der Waals surface area (Å²) in [6.45, 7) is 0.406. The van der Waals surface area contributed by atoms with Crippen molar-refractivity contribution < 1.29 is 13.9 Å². The van der Waals surface area contributed by atoms with Gasteiger partial charge < -0.3 is 10.1 Å². The summed E-state index contributed by atoms with van der Waals surface area (Å²) in [4.78, 5) is 13.1. The second kappa shape index (κ2) is 7.62. The predicted octanol–water partition coefficient (Wildman–Crippen LogP) is 3.70. The Morgan fingerprint density at radius 2 is 2.09 bits per heavy atom. The second-order valence-electron chi connectivity index (χ2n) is 5.42. The number of amides is 1. The zero-order chi connectivity index (χ0) is 16.1. The minimum Gasteiger partial charge on any atom is -0.367 e. The third kappa shape index (κ3) is 4.33. The highest BCUT2D eigenvalue weighted by molar-refractivity contribution is 7.99. The lowest BCUT2D eigenvalue weighted by Crippen LogP contribution is -2.33. The normalized spacial score (nSPS) is 16.7. The molecule has 0 fully saturated rings.